The molecule has 130 valence electrons. The first-order valence-electron chi connectivity index (χ1n) is 8.06. The molecular formula is C16H18ClN7O. The monoisotopic (exact) mass is 359 g/mol. The quantitative estimate of drug-likeness (QED) is 0.604. The van der Waals surface area contributed by atoms with Crippen LogP contribution in [-0.2, 0) is 0 Å². The number of aliphatic hydroxyl groups is 1. The van der Waals surface area contributed by atoms with E-state index in [1.54, 1.807) is 12.4 Å². The normalized spacial score (nSPS) is 17.2. The average molecular weight is 360 g/mol. The first kappa shape index (κ1) is 16.2. The molecular weight excluding hydrogens is 342 g/mol. The van der Waals surface area contributed by atoms with Gasteiger partial charge in [-0.15, -0.1) is 0 Å². The number of aliphatic hydroxyl groups excluding tert-OH is 1. The summed E-state index contributed by atoms with van der Waals surface area (Å²) in [5.41, 5.74) is 8.25. The molecule has 3 aromatic heterocycles. The number of aromatic nitrogens is 5. The van der Waals surface area contributed by atoms with Gasteiger partial charge in [-0.05, 0) is 25.0 Å². The number of fused-ring (bicyclic) bond motifs is 1. The smallest absolute Gasteiger partial charge is 0.202 e. The summed E-state index contributed by atoms with van der Waals surface area (Å²) in [6.07, 6.45) is 4.78. The average Bonchev–Trinajstić information content (AvgIpc) is 3.06. The highest BCUT2D eigenvalue weighted by Gasteiger charge is 2.30. The highest BCUT2D eigenvalue weighted by Crippen LogP contribution is 2.30. The van der Waals surface area contributed by atoms with Gasteiger partial charge in [0.05, 0.1) is 18.5 Å². The van der Waals surface area contributed by atoms with Crippen molar-refractivity contribution < 1.29 is 5.11 Å². The van der Waals surface area contributed by atoms with Gasteiger partial charge in [0.2, 0.25) is 5.65 Å². The van der Waals surface area contributed by atoms with Crippen LogP contribution >= 0.6 is 11.6 Å². The van der Waals surface area contributed by atoms with Crippen LogP contribution < -0.4 is 10.6 Å². The van der Waals surface area contributed by atoms with Crippen LogP contribution in [0.4, 0.5) is 5.82 Å². The summed E-state index contributed by atoms with van der Waals surface area (Å²) in [6.45, 7) is 1.45. The number of rotatable bonds is 3. The number of pyridine rings is 1. The molecule has 0 spiro atoms. The molecule has 4 N–H and O–H groups in total. The number of hydrogen-bond donors (Lipinski definition) is 3. The summed E-state index contributed by atoms with van der Waals surface area (Å²) in [5.74, 6) is 0.753. The lowest BCUT2D eigenvalue weighted by Crippen LogP contribution is -2.53. The van der Waals surface area contributed by atoms with E-state index < -0.39 is 5.54 Å². The lowest BCUT2D eigenvalue weighted by molar-refractivity contribution is 0.170. The van der Waals surface area contributed by atoms with Gasteiger partial charge >= 0.3 is 0 Å². The van der Waals surface area contributed by atoms with Gasteiger partial charge in [-0.3, -0.25) is 5.10 Å². The molecule has 8 nitrogen and oxygen atoms in total. The molecule has 4 heterocycles. The number of halogens is 1. The van der Waals surface area contributed by atoms with Gasteiger partial charge in [0.25, 0.3) is 0 Å². The largest absolute Gasteiger partial charge is 0.394 e. The zero-order valence-corrected chi connectivity index (χ0v) is 14.2. The minimum absolute atomic E-state index is 0.000149. The van der Waals surface area contributed by atoms with Gasteiger partial charge in [-0.2, -0.15) is 5.10 Å². The third-order valence-corrected chi connectivity index (χ3v) is 4.98. The summed E-state index contributed by atoms with van der Waals surface area (Å²) < 4.78 is 0. The fourth-order valence-corrected chi connectivity index (χ4v) is 3.25. The fourth-order valence-electron chi connectivity index (χ4n) is 3.04. The minimum atomic E-state index is -0.495. The molecule has 0 amide bonds. The van der Waals surface area contributed by atoms with Crippen LogP contribution in [0.15, 0.2) is 24.5 Å². The van der Waals surface area contributed by atoms with E-state index in [4.69, 9.17) is 17.3 Å². The van der Waals surface area contributed by atoms with Crippen molar-refractivity contribution in [1.29, 1.82) is 0 Å². The third kappa shape index (κ3) is 2.92. The molecule has 0 saturated carbocycles. The number of nitrogens with two attached hydrogens (primary N) is 1. The Balaban J connectivity index is 1.64. The van der Waals surface area contributed by atoms with Gasteiger partial charge < -0.3 is 15.7 Å². The molecule has 3 aromatic rings. The second kappa shape index (κ2) is 6.21. The van der Waals surface area contributed by atoms with Crippen LogP contribution in [0.2, 0.25) is 5.15 Å². The molecule has 0 aliphatic carbocycles. The van der Waals surface area contributed by atoms with E-state index in [9.17, 15) is 5.11 Å². The summed E-state index contributed by atoms with van der Waals surface area (Å²) in [7, 11) is 0. The van der Waals surface area contributed by atoms with Crippen LogP contribution in [0.1, 0.15) is 12.8 Å². The van der Waals surface area contributed by atoms with E-state index in [1.807, 2.05) is 12.1 Å². The van der Waals surface area contributed by atoms with E-state index in [-0.39, 0.29) is 6.61 Å². The maximum atomic E-state index is 9.38. The second-order valence-corrected chi connectivity index (χ2v) is 6.71. The molecule has 0 aromatic carbocycles. The Bertz CT molecular complexity index is 904. The summed E-state index contributed by atoms with van der Waals surface area (Å²) in [6, 6.07) is 3.67. The Kier molecular flexibility index (Phi) is 4.03. The molecule has 1 aliphatic rings. The summed E-state index contributed by atoms with van der Waals surface area (Å²) >= 11 is 6.16. The van der Waals surface area contributed by atoms with Gasteiger partial charge in [-0.25, -0.2) is 15.0 Å². The van der Waals surface area contributed by atoms with Crippen LogP contribution in [0.5, 0.6) is 0 Å². The van der Waals surface area contributed by atoms with E-state index in [1.165, 1.54) is 0 Å². The van der Waals surface area contributed by atoms with Crippen molar-refractivity contribution in [3.05, 3.63) is 29.7 Å². The molecule has 9 heteroatoms. The number of nitrogens with zero attached hydrogens (tertiary/aromatic N) is 5. The van der Waals surface area contributed by atoms with Gasteiger partial charge in [-0.1, -0.05) is 11.6 Å². The number of nitrogens with one attached hydrogen (secondary N) is 1. The second-order valence-electron chi connectivity index (χ2n) is 6.35. The van der Waals surface area contributed by atoms with Crippen molar-refractivity contribution in [2.45, 2.75) is 18.4 Å². The molecule has 0 unspecified atom stereocenters. The van der Waals surface area contributed by atoms with Crippen molar-refractivity contribution in [3.8, 4) is 11.3 Å². The number of hydrogen-bond acceptors (Lipinski definition) is 7. The summed E-state index contributed by atoms with van der Waals surface area (Å²) in [5, 5.41) is 17.0. The first-order chi connectivity index (χ1) is 12.1. The number of anilines is 1. The first-order valence-corrected chi connectivity index (χ1v) is 8.44. The third-order valence-electron chi connectivity index (χ3n) is 4.68. The lowest BCUT2D eigenvalue weighted by Gasteiger charge is -2.38. The van der Waals surface area contributed by atoms with Gasteiger partial charge in [0.1, 0.15) is 16.5 Å². The van der Waals surface area contributed by atoms with Crippen molar-refractivity contribution in [1.82, 2.24) is 25.1 Å². The van der Waals surface area contributed by atoms with Crippen LogP contribution in [0.3, 0.4) is 0 Å². The van der Waals surface area contributed by atoms with E-state index in [0.717, 1.165) is 24.5 Å². The molecule has 4 rings (SSSR count). The Labute approximate surface area is 149 Å². The van der Waals surface area contributed by atoms with Crippen LogP contribution in [-0.4, -0.2) is 55.5 Å². The Morgan fingerprint density at radius 2 is 2.12 bits per heavy atom. The molecule has 0 radical (unpaired) electrons. The number of aromatic amines is 1. The standard InChI is InChI=1S/C16H18ClN7O/c17-14-10(2-1-5-19-14)12-13-15(23-22-12)21-11(8-20-13)24-6-3-16(18,9-25)4-7-24/h1-2,5,8,25H,3-4,6-7,9,18H2,(H,21,22,23). The van der Waals surface area contributed by atoms with Crippen molar-refractivity contribution in [2.24, 2.45) is 5.73 Å². The predicted molar refractivity (Wildman–Crippen MR) is 95.4 cm³/mol. The maximum absolute atomic E-state index is 9.38. The predicted octanol–water partition coefficient (Wildman–Crippen LogP) is 1.36. The fraction of sp³-hybridized carbons (Fsp3) is 0.375. The van der Waals surface area contributed by atoms with E-state index in [0.29, 0.717) is 34.9 Å². The van der Waals surface area contributed by atoms with Gasteiger partial charge in [0.15, 0.2) is 0 Å². The van der Waals surface area contributed by atoms with Crippen molar-refractivity contribution in [2.75, 3.05) is 24.6 Å². The van der Waals surface area contributed by atoms with Crippen LogP contribution in [0, 0.1) is 0 Å². The molecule has 1 saturated heterocycles. The van der Waals surface area contributed by atoms with Crippen molar-refractivity contribution >= 4 is 28.6 Å². The summed E-state index contributed by atoms with van der Waals surface area (Å²) in [4.78, 5) is 15.3. The highest BCUT2D eigenvalue weighted by atomic mass is 35.5. The van der Waals surface area contributed by atoms with E-state index >= 15 is 0 Å². The lowest BCUT2D eigenvalue weighted by atomic mass is 9.90. The molecule has 25 heavy (non-hydrogen) atoms. The SMILES string of the molecule is NC1(CO)CCN(c2cnc3c(-c4cccnc4Cl)[nH]nc3n2)CC1. The maximum Gasteiger partial charge on any atom is 0.202 e. The Morgan fingerprint density at radius 3 is 2.84 bits per heavy atom. The van der Waals surface area contributed by atoms with Crippen molar-refractivity contribution in [3.63, 3.8) is 0 Å². The zero-order valence-electron chi connectivity index (χ0n) is 13.5. The number of H-pyrrole nitrogens is 1. The Hall–Kier alpha value is -2.29. The zero-order chi connectivity index (χ0) is 17.4. The molecule has 0 bridgehead atoms. The molecule has 0 atom stereocenters. The van der Waals surface area contributed by atoms with Gasteiger partial charge in [0, 0.05) is 30.4 Å². The molecule has 1 aliphatic heterocycles. The minimum Gasteiger partial charge on any atom is -0.394 e. The molecule has 1 fully saturated rings. The van der Waals surface area contributed by atoms with Crippen LogP contribution in [0.25, 0.3) is 22.4 Å². The topological polar surface area (TPSA) is 117 Å². The highest BCUT2D eigenvalue weighted by molar-refractivity contribution is 6.32. The number of piperidine rings is 1. The van der Waals surface area contributed by atoms with E-state index in [2.05, 4.69) is 30.0 Å². The Morgan fingerprint density at radius 1 is 1.32 bits per heavy atom.